The molecule has 126 valence electrons. The molecule has 8 heteroatoms. The van der Waals surface area contributed by atoms with Crippen LogP contribution < -0.4 is 4.72 Å². The van der Waals surface area contributed by atoms with Gasteiger partial charge in [0.15, 0.2) is 0 Å². The monoisotopic (exact) mass is 347 g/mol. The molecule has 0 radical (unpaired) electrons. The lowest BCUT2D eigenvalue weighted by Crippen LogP contribution is -2.43. The highest BCUT2D eigenvalue weighted by molar-refractivity contribution is 7.88. The Balaban J connectivity index is 1.79. The van der Waals surface area contributed by atoms with Gasteiger partial charge >= 0.3 is 0 Å². The van der Waals surface area contributed by atoms with Crippen molar-refractivity contribution >= 4 is 21.4 Å². The van der Waals surface area contributed by atoms with Crippen LogP contribution in [-0.2, 0) is 21.3 Å². The zero-order valence-electron chi connectivity index (χ0n) is 13.4. The molecule has 0 unspecified atom stereocenters. The quantitative estimate of drug-likeness (QED) is 0.807. The second-order valence-electron chi connectivity index (χ2n) is 6.00. The summed E-state index contributed by atoms with van der Waals surface area (Å²) in [6.07, 6.45) is 1.95. The molecule has 6 nitrogen and oxygen atoms in total. The van der Waals surface area contributed by atoms with Crippen LogP contribution in [-0.4, -0.2) is 56.9 Å². The molecule has 0 bridgehead atoms. The van der Waals surface area contributed by atoms with Crippen molar-refractivity contribution in [2.75, 3.05) is 32.5 Å². The van der Waals surface area contributed by atoms with Gasteiger partial charge in [0.25, 0.3) is 0 Å². The average Bonchev–Trinajstić information content (AvgIpc) is 2.86. The van der Waals surface area contributed by atoms with Gasteiger partial charge in [-0.05, 0) is 12.3 Å². The van der Waals surface area contributed by atoms with Gasteiger partial charge in [0, 0.05) is 25.0 Å². The number of aromatic nitrogens is 1. The van der Waals surface area contributed by atoms with E-state index in [4.69, 9.17) is 4.74 Å². The standard InChI is InChI=1S/C14H25N3O3S2/c1-11(2)13-10-21-14(16-13)9-17-6-7-20-12(8-17)4-5-15-22(3,18)19/h10-12,15H,4-9H2,1-3H3/t12-/m0/s1. The Kier molecular flexibility index (Phi) is 6.34. The minimum Gasteiger partial charge on any atom is -0.376 e. The number of thiazole rings is 1. The number of nitrogens with zero attached hydrogens (tertiary/aromatic N) is 2. The fourth-order valence-corrected chi connectivity index (χ4v) is 3.84. The van der Waals surface area contributed by atoms with Gasteiger partial charge in [0.05, 0.1) is 31.2 Å². The smallest absolute Gasteiger partial charge is 0.208 e. The predicted molar refractivity (Wildman–Crippen MR) is 88.7 cm³/mol. The van der Waals surface area contributed by atoms with E-state index in [0.717, 1.165) is 30.3 Å². The molecule has 2 heterocycles. The van der Waals surface area contributed by atoms with Crippen LogP contribution in [0.3, 0.4) is 0 Å². The van der Waals surface area contributed by atoms with Gasteiger partial charge < -0.3 is 4.74 Å². The summed E-state index contributed by atoms with van der Waals surface area (Å²) < 4.78 is 30.4. The first-order valence-electron chi connectivity index (χ1n) is 7.56. The van der Waals surface area contributed by atoms with Crippen LogP contribution in [0.15, 0.2) is 5.38 Å². The number of morpholine rings is 1. The van der Waals surface area contributed by atoms with Crippen molar-refractivity contribution in [3.63, 3.8) is 0 Å². The van der Waals surface area contributed by atoms with E-state index in [9.17, 15) is 8.42 Å². The van der Waals surface area contributed by atoms with Gasteiger partial charge in [0.2, 0.25) is 10.0 Å². The Hall–Kier alpha value is -0.540. The fraction of sp³-hybridized carbons (Fsp3) is 0.786. The first-order valence-corrected chi connectivity index (χ1v) is 10.3. The highest BCUT2D eigenvalue weighted by Gasteiger charge is 2.21. The maximum Gasteiger partial charge on any atom is 0.208 e. The molecular weight excluding hydrogens is 322 g/mol. The van der Waals surface area contributed by atoms with E-state index in [0.29, 0.717) is 25.5 Å². The van der Waals surface area contributed by atoms with Crippen LogP contribution >= 0.6 is 11.3 Å². The van der Waals surface area contributed by atoms with Crippen molar-refractivity contribution in [2.45, 2.75) is 38.8 Å². The molecular formula is C14H25N3O3S2. The van der Waals surface area contributed by atoms with Crippen molar-refractivity contribution < 1.29 is 13.2 Å². The molecule has 1 N–H and O–H groups in total. The first kappa shape index (κ1) is 17.8. The van der Waals surface area contributed by atoms with Gasteiger partial charge in [-0.1, -0.05) is 13.8 Å². The van der Waals surface area contributed by atoms with E-state index in [1.807, 2.05) is 0 Å². The molecule has 0 aliphatic carbocycles. The van der Waals surface area contributed by atoms with Crippen LogP contribution in [0.4, 0.5) is 0 Å². The average molecular weight is 348 g/mol. The third kappa shape index (κ3) is 5.92. The maximum atomic E-state index is 11.1. The lowest BCUT2D eigenvalue weighted by atomic mass is 10.2. The Morgan fingerprint density at radius 2 is 2.32 bits per heavy atom. The van der Waals surface area contributed by atoms with Gasteiger partial charge in [-0.2, -0.15) is 0 Å². The van der Waals surface area contributed by atoms with E-state index >= 15 is 0 Å². The van der Waals surface area contributed by atoms with Gasteiger partial charge in [-0.25, -0.2) is 18.1 Å². The molecule has 1 aromatic rings. The van der Waals surface area contributed by atoms with Crippen LogP contribution in [0.25, 0.3) is 0 Å². The molecule has 0 amide bonds. The number of hydrogen-bond donors (Lipinski definition) is 1. The molecule has 1 aliphatic heterocycles. The Morgan fingerprint density at radius 1 is 1.55 bits per heavy atom. The van der Waals surface area contributed by atoms with Crippen LogP contribution in [0.2, 0.25) is 0 Å². The number of hydrogen-bond acceptors (Lipinski definition) is 6. The number of nitrogens with one attached hydrogen (secondary N) is 1. The fourth-order valence-electron chi connectivity index (χ4n) is 2.36. The number of sulfonamides is 1. The molecule has 1 saturated heterocycles. The minimum absolute atomic E-state index is 0.0764. The van der Waals surface area contributed by atoms with E-state index in [-0.39, 0.29) is 6.10 Å². The summed E-state index contributed by atoms with van der Waals surface area (Å²) >= 11 is 1.71. The third-order valence-electron chi connectivity index (χ3n) is 3.57. The summed E-state index contributed by atoms with van der Waals surface area (Å²) in [5, 5.41) is 3.27. The van der Waals surface area contributed by atoms with E-state index in [2.05, 4.69) is 33.8 Å². The molecule has 0 saturated carbocycles. The lowest BCUT2D eigenvalue weighted by Gasteiger charge is -2.32. The van der Waals surface area contributed by atoms with Gasteiger partial charge in [-0.3, -0.25) is 4.90 Å². The van der Waals surface area contributed by atoms with Crippen molar-refractivity contribution in [2.24, 2.45) is 0 Å². The van der Waals surface area contributed by atoms with Crippen LogP contribution in [0.5, 0.6) is 0 Å². The molecule has 22 heavy (non-hydrogen) atoms. The molecule has 1 fully saturated rings. The molecule has 0 spiro atoms. The van der Waals surface area contributed by atoms with E-state index < -0.39 is 10.0 Å². The van der Waals surface area contributed by atoms with Crippen molar-refractivity contribution in [3.05, 3.63) is 16.1 Å². The largest absolute Gasteiger partial charge is 0.376 e. The van der Waals surface area contributed by atoms with Crippen molar-refractivity contribution in [1.82, 2.24) is 14.6 Å². The van der Waals surface area contributed by atoms with Gasteiger partial charge in [0.1, 0.15) is 5.01 Å². The zero-order valence-corrected chi connectivity index (χ0v) is 15.0. The van der Waals surface area contributed by atoms with E-state index in [1.54, 1.807) is 11.3 Å². The SMILES string of the molecule is CC(C)c1csc(CN2CCO[C@@H](CCNS(C)(=O)=O)C2)n1. The van der Waals surface area contributed by atoms with Crippen molar-refractivity contribution in [1.29, 1.82) is 0 Å². The predicted octanol–water partition coefficient (Wildman–Crippen LogP) is 1.41. The highest BCUT2D eigenvalue weighted by atomic mass is 32.2. The Labute approximate surface area is 136 Å². The Morgan fingerprint density at radius 3 is 2.95 bits per heavy atom. The molecule has 2 rings (SSSR count). The topological polar surface area (TPSA) is 71.5 Å². The third-order valence-corrected chi connectivity index (χ3v) is 5.15. The van der Waals surface area contributed by atoms with Crippen LogP contribution in [0.1, 0.15) is 36.9 Å². The van der Waals surface area contributed by atoms with E-state index in [1.165, 1.54) is 6.26 Å². The minimum atomic E-state index is -3.12. The second-order valence-corrected chi connectivity index (χ2v) is 8.78. The van der Waals surface area contributed by atoms with Gasteiger partial charge in [-0.15, -0.1) is 11.3 Å². The summed E-state index contributed by atoms with van der Waals surface area (Å²) in [4.78, 5) is 7.00. The molecule has 1 aromatic heterocycles. The maximum absolute atomic E-state index is 11.1. The molecule has 0 aromatic carbocycles. The summed E-state index contributed by atoms with van der Waals surface area (Å²) in [5.74, 6) is 0.463. The second kappa shape index (κ2) is 7.83. The zero-order chi connectivity index (χ0) is 16.2. The summed E-state index contributed by atoms with van der Waals surface area (Å²) in [6, 6.07) is 0. The summed E-state index contributed by atoms with van der Waals surface area (Å²) in [7, 11) is -3.12. The first-order chi connectivity index (χ1) is 10.3. The summed E-state index contributed by atoms with van der Waals surface area (Å²) in [6.45, 7) is 7.97. The normalized spacial score (nSPS) is 20.6. The summed E-state index contributed by atoms with van der Waals surface area (Å²) in [5.41, 5.74) is 1.15. The van der Waals surface area contributed by atoms with Crippen LogP contribution in [0, 0.1) is 0 Å². The molecule has 1 aliphatic rings. The highest BCUT2D eigenvalue weighted by Crippen LogP contribution is 2.20. The Bertz CT molecular complexity index is 572. The molecule has 1 atom stereocenters. The lowest BCUT2D eigenvalue weighted by molar-refractivity contribution is -0.0339. The number of rotatable bonds is 7. The number of ether oxygens (including phenoxy) is 1. The van der Waals surface area contributed by atoms with Crippen molar-refractivity contribution in [3.8, 4) is 0 Å².